The minimum absolute atomic E-state index is 0.102. The fourth-order valence-corrected chi connectivity index (χ4v) is 3.85. The Kier molecular flexibility index (Phi) is 7.28. The van der Waals surface area contributed by atoms with Gasteiger partial charge in [0.15, 0.2) is 5.75 Å². The van der Waals surface area contributed by atoms with Gasteiger partial charge in [0.1, 0.15) is 11.5 Å². The second kappa shape index (κ2) is 10.1. The largest absolute Gasteiger partial charge is 0.494 e. The Morgan fingerprint density at radius 2 is 1.52 bits per heavy atom. The molecule has 0 bridgehead atoms. The predicted octanol–water partition coefficient (Wildman–Crippen LogP) is 4.43. The van der Waals surface area contributed by atoms with E-state index in [0.717, 1.165) is 5.75 Å². The quantitative estimate of drug-likeness (QED) is 0.513. The lowest BCUT2D eigenvalue weighted by atomic mass is 10.2. The van der Waals surface area contributed by atoms with E-state index in [9.17, 15) is 13.2 Å². The zero-order valence-corrected chi connectivity index (χ0v) is 18.1. The number of para-hydroxylation sites is 2. The lowest BCUT2D eigenvalue weighted by Crippen LogP contribution is -2.23. The number of benzene rings is 3. The summed E-state index contributed by atoms with van der Waals surface area (Å²) in [7, 11) is -3.57. The molecule has 0 radical (unpaired) electrons. The second-order valence-electron chi connectivity index (χ2n) is 6.48. The van der Waals surface area contributed by atoms with Gasteiger partial charge in [0.25, 0.3) is 5.91 Å². The first-order valence-electron chi connectivity index (χ1n) is 9.83. The molecule has 3 aromatic rings. The van der Waals surface area contributed by atoms with E-state index < -0.39 is 10.0 Å². The Labute approximate surface area is 182 Å². The van der Waals surface area contributed by atoms with E-state index in [4.69, 9.17) is 9.47 Å². The number of ether oxygens (including phenoxy) is 2. The highest BCUT2D eigenvalue weighted by Crippen LogP contribution is 2.30. The molecule has 3 rings (SSSR count). The summed E-state index contributed by atoms with van der Waals surface area (Å²) in [6.07, 6.45) is 0. The average Bonchev–Trinajstić information content (AvgIpc) is 2.77. The van der Waals surface area contributed by atoms with Crippen LogP contribution >= 0.6 is 0 Å². The van der Waals surface area contributed by atoms with Gasteiger partial charge < -0.3 is 14.8 Å². The fraction of sp³-hybridized carbons (Fsp3) is 0.174. The first-order valence-corrected chi connectivity index (χ1v) is 11.3. The maximum atomic E-state index is 12.7. The van der Waals surface area contributed by atoms with Crippen molar-refractivity contribution >= 4 is 21.6 Å². The molecule has 0 atom stereocenters. The van der Waals surface area contributed by atoms with E-state index in [1.165, 1.54) is 24.3 Å². The van der Waals surface area contributed by atoms with Crippen molar-refractivity contribution in [3.63, 3.8) is 0 Å². The van der Waals surface area contributed by atoms with E-state index in [-0.39, 0.29) is 17.3 Å². The molecule has 3 aromatic carbocycles. The van der Waals surface area contributed by atoms with Crippen molar-refractivity contribution in [1.82, 2.24) is 4.72 Å². The molecule has 162 valence electrons. The molecule has 0 aliphatic carbocycles. The molecular weight excluding hydrogens is 416 g/mol. The number of sulfonamides is 1. The molecule has 0 aliphatic heterocycles. The summed E-state index contributed by atoms with van der Waals surface area (Å²) in [6.45, 7) is 4.48. The summed E-state index contributed by atoms with van der Waals surface area (Å²) in [5.74, 6) is 1.45. The van der Waals surface area contributed by atoms with Gasteiger partial charge in [0.2, 0.25) is 10.0 Å². The van der Waals surface area contributed by atoms with Crippen molar-refractivity contribution in [2.24, 2.45) is 0 Å². The second-order valence-corrected chi connectivity index (χ2v) is 8.25. The smallest absolute Gasteiger partial charge is 0.255 e. The lowest BCUT2D eigenvalue weighted by molar-refractivity contribution is 0.102. The van der Waals surface area contributed by atoms with Crippen molar-refractivity contribution in [1.29, 1.82) is 0 Å². The van der Waals surface area contributed by atoms with Crippen LogP contribution in [0.4, 0.5) is 5.69 Å². The van der Waals surface area contributed by atoms with E-state index >= 15 is 0 Å². The van der Waals surface area contributed by atoms with Crippen molar-refractivity contribution in [3.8, 4) is 17.2 Å². The third-order valence-electron chi connectivity index (χ3n) is 4.26. The van der Waals surface area contributed by atoms with Gasteiger partial charge >= 0.3 is 0 Å². The Bertz CT molecular complexity index is 1130. The molecule has 0 aliphatic rings. The average molecular weight is 441 g/mol. The van der Waals surface area contributed by atoms with E-state index in [0.29, 0.717) is 29.4 Å². The standard InChI is InChI=1S/C23H24N2O5S/c1-3-24-31(27,28)20-15-9-17(10-16-20)23(26)25-21-7-5-6-8-22(21)30-19-13-11-18(12-14-19)29-4-2/h5-16,24H,3-4H2,1-2H3,(H,25,26). The number of hydrogen-bond acceptors (Lipinski definition) is 5. The van der Waals surface area contributed by atoms with Crippen molar-refractivity contribution < 1.29 is 22.7 Å². The van der Waals surface area contributed by atoms with Crippen LogP contribution in [0.3, 0.4) is 0 Å². The summed E-state index contributed by atoms with van der Waals surface area (Å²) in [5.41, 5.74) is 0.817. The fourth-order valence-electron chi connectivity index (χ4n) is 2.81. The Morgan fingerprint density at radius 1 is 0.871 bits per heavy atom. The van der Waals surface area contributed by atoms with Crippen LogP contribution in [0.15, 0.2) is 77.7 Å². The number of nitrogens with one attached hydrogen (secondary N) is 2. The van der Waals surface area contributed by atoms with Crippen LogP contribution in [-0.2, 0) is 10.0 Å². The number of amides is 1. The summed E-state index contributed by atoms with van der Waals surface area (Å²) >= 11 is 0. The minimum Gasteiger partial charge on any atom is -0.494 e. The molecule has 0 saturated carbocycles. The molecule has 0 spiro atoms. The van der Waals surface area contributed by atoms with Crippen LogP contribution in [0.2, 0.25) is 0 Å². The molecule has 0 aromatic heterocycles. The van der Waals surface area contributed by atoms with Crippen LogP contribution in [0.1, 0.15) is 24.2 Å². The topological polar surface area (TPSA) is 93.7 Å². The molecule has 0 unspecified atom stereocenters. The van der Waals surface area contributed by atoms with Crippen molar-refractivity contribution in [2.45, 2.75) is 18.7 Å². The molecule has 2 N–H and O–H groups in total. The lowest BCUT2D eigenvalue weighted by Gasteiger charge is -2.13. The zero-order chi connectivity index (χ0) is 22.3. The predicted molar refractivity (Wildman–Crippen MR) is 119 cm³/mol. The third-order valence-corrected chi connectivity index (χ3v) is 5.82. The van der Waals surface area contributed by atoms with Gasteiger partial charge in [-0.2, -0.15) is 0 Å². The van der Waals surface area contributed by atoms with Gasteiger partial charge in [-0.15, -0.1) is 0 Å². The Balaban J connectivity index is 1.73. The van der Waals surface area contributed by atoms with E-state index in [1.54, 1.807) is 43.3 Å². The molecule has 0 saturated heterocycles. The first-order chi connectivity index (χ1) is 14.9. The number of anilines is 1. The van der Waals surface area contributed by atoms with Crippen LogP contribution in [0.25, 0.3) is 0 Å². The molecule has 1 amide bonds. The number of hydrogen-bond donors (Lipinski definition) is 2. The Morgan fingerprint density at radius 3 is 2.16 bits per heavy atom. The number of carbonyl (C=O) groups is 1. The van der Waals surface area contributed by atoms with Crippen LogP contribution < -0.4 is 19.5 Å². The summed E-state index contributed by atoms with van der Waals surface area (Å²) in [5, 5.41) is 2.81. The maximum Gasteiger partial charge on any atom is 0.255 e. The zero-order valence-electron chi connectivity index (χ0n) is 17.3. The highest BCUT2D eigenvalue weighted by Gasteiger charge is 2.15. The molecule has 8 heteroatoms. The number of rotatable bonds is 9. The van der Waals surface area contributed by atoms with Gasteiger partial charge in [-0.1, -0.05) is 19.1 Å². The van der Waals surface area contributed by atoms with E-state index in [2.05, 4.69) is 10.0 Å². The summed E-state index contributed by atoms with van der Waals surface area (Å²) in [6, 6.07) is 20.0. The normalized spacial score (nSPS) is 11.0. The van der Waals surface area contributed by atoms with E-state index in [1.807, 2.05) is 19.1 Å². The van der Waals surface area contributed by atoms with Gasteiger partial charge in [-0.25, -0.2) is 13.1 Å². The number of carbonyl (C=O) groups excluding carboxylic acids is 1. The maximum absolute atomic E-state index is 12.7. The first kappa shape index (κ1) is 22.3. The van der Waals surface area contributed by atoms with Crippen molar-refractivity contribution in [3.05, 3.63) is 78.4 Å². The van der Waals surface area contributed by atoms with Gasteiger partial charge in [-0.05, 0) is 67.6 Å². The summed E-state index contributed by atoms with van der Waals surface area (Å²) < 4.78 is 37.8. The van der Waals surface area contributed by atoms with Gasteiger partial charge in [0, 0.05) is 12.1 Å². The monoisotopic (exact) mass is 440 g/mol. The van der Waals surface area contributed by atoms with Crippen LogP contribution in [-0.4, -0.2) is 27.5 Å². The minimum atomic E-state index is -3.57. The molecule has 0 heterocycles. The van der Waals surface area contributed by atoms with Gasteiger partial charge in [0.05, 0.1) is 17.2 Å². The Hall–Kier alpha value is -3.36. The highest BCUT2D eigenvalue weighted by atomic mass is 32.2. The van der Waals surface area contributed by atoms with Gasteiger partial charge in [-0.3, -0.25) is 4.79 Å². The third kappa shape index (κ3) is 5.84. The molecular formula is C23H24N2O5S. The van der Waals surface area contributed by atoms with Crippen LogP contribution in [0, 0.1) is 0 Å². The summed E-state index contributed by atoms with van der Waals surface area (Å²) in [4.78, 5) is 12.8. The highest BCUT2D eigenvalue weighted by molar-refractivity contribution is 7.89. The molecule has 7 nitrogen and oxygen atoms in total. The SMILES string of the molecule is CCNS(=O)(=O)c1ccc(C(=O)Nc2ccccc2Oc2ccc(OCC)cc2)cc1. The van der Waals surface area contributed by atoms with Crippen molar-refractivity contribution in [2.75, 3.05) is 18.5 Å². The molecule has 31 heavy (non-hydrogen) atoms. The van der Waals surface area contributed by atoms with Crippen LogP contribution in [0.5, 0.6) is 17.2 Å². The molecule has 0 fully saturated rings.